The number of nitrogens with zero attached hydrogens (tertiary/aromatic N) is 2. The number of hydrogen-bond donors (Lipinski definition) is 1. The number of carbonyl (C=O) groups is 1. The van der Waals surface area contributed by atoms with Crippen molar-refractivity contribution in [3.8, 4) is 0 Å². The monoisotopic (exact) mass is 291 g/mol. The van der Waals surface area contributed by atoms with Gasteiger partial charge in [0, 0.05) is 37.1 Å². The summed E-state index contributed by atoms with van der Waals surface area (Å²) in [5.41, 5.74) is 4.45. The first-order valence-corrected chi connectivity index (χ1v) is 6.11. The van der Waals surface area contributed by atoms with Crippen molar-refractivity contribution in [1.29, 1.82) is 0 Å². The Morgan fingerprint density at radius 2 is 1.86 bits per heavy atom. The molecule has 0 spiro atoms. The molecule has 0 saturated heterocycles. The van der Waals surface area contributed by atoms with Crippen LogP contribution in [0.2, 0.25) is 0 Å². The molecule has 1 heterocycles. The number of benzene rings is 1. The van der Waals surface area contributed by atoms with Crippen molar-refractivity contribution in [3.63, 3.8) is 0 Å². The first-order valence-electron chi connectivity index (χ1n) is 6.11. The maximum Gasteiger partial charge on any atom is 0.330 e. The van der Waals surface area contributed by atoms with Gasteiger partial charge in [0.2, 0.25) is 0 Å². The van der Waals surface area contributed by atoms with Crippen LogP contribution in [0.15, 0.2) is 27.9 Å². The van der Waals surface area contributed by atoms with Gasteiger partial charge in [-0.1, -0.05) is 0 Å². The lowest BCUT2D eigenvalue weighted by atomic mass is 10.0. The van der Waals surface area contributed by atoms with Gasteiger partial charge in [-0.15, -0.1) is 0 Å². The van der Waals surface area contributed by atoms with Crippen LogP contribution < -0.4 is 17.0 Å². The summed E-state index contributed by atoms with van der Waals surface area (Å²) in [6.45, 7) is 1.49. The van der Waals surface area contributed by atoms with Crippen LogP contribution in [0.25, 0.3) is 0 Å². The van der Waals surface area contributed by atoms with E-state index in [0.29, 0.717) is 0 Å². The molecule has 2 N–H and O–H groups in total. The number of nitrogen functional groups attached to an aromatic ring is 1. The summed E-state index contributed by atoms with van der Waals surface area (Å²) in [7, 11) is 2.69. The lowest BCUT2D eigenvalue weighted by molar-refractivity contribution is 0.103. The predicted octanol–water partition coefficient (Wildman–Crippen LogP) is 0.345. The quantitative estimate of drug-likeness (QED) is 0.638. The number of nitrogens with two attached hydrogens (primary N) is 1. The topological polar surface area (TPSA) is 87.1 Å². The number of aromatic nitrogens is 2. The zero-order valence-corrected chi connectivity index (χ0v) is 11.8. The normalized spacial score (nSPS) is 10.7. The van der Waals surface area contributed by atoms with Crippen LogP contribution in [-0.4, -0.2) is 14.9 Å². The Bertz CT molecular complexity index is 842. The van der Waals surface area contributed by atoms with Gasteiger partial charge in [-0.2, -0.15) is 0 Å². The fraction of sp³-hybridized carbons (Fsp3) is 0.214. The molecule has 2 aromatic rings. The zero-order chi connectivity index (χ0) is 15.9. The maximum absolute atomic E-state index is 13.7. The van der Waals surface area contributed by atoms with E-state index in [-0.39, 0.29) is 22.4 Å². The first kappa shape index (κ1) is 14.7. The number of aryl methyl sites for hydroxylation is 1. The van der Waals surface area contributed by atoms with E-state index >= 15 is 0 Å². The van der Waals surface area contributed by atoms with Gasteiger partial charge in [-0.3, -0.25) is 14.2 Å². The van der Waals surface area contributed by atoms with E-state index < -0.39 is 22.8 Å². The average Bonchev–Trinajstić information content (AvgIpc) is 2.45. The molecule has 21 heavy (non-hydrogen) atoms. The molecular weight excluding hydrogens is 277 g/mol. The molecule has 0 aliphatic rings. The molecule has 0 atom stereocenters. The summed E-state index contributed by atoms with van der Waals surface area (Å²) in [6, 6.07) is 2.34. The lowest BCUT2D eigenvalue weighted by Gasteiger charge is -2.08. The maximum atomic E-state index is 13.7. The third-order valence-corrected chi connectivity index (χ3v) is 3.34. The van der Waals surface area contributed by atoms with E-state index in [1.807, 2.05) is 0 Å². The van der Waals surface area contributed by atoms with Gasteiger partial charge in [0.25, 0.3) is 5.56 Å². The average molecular weight is 291 g/mol. The molecule has 0 unspecified atom stereocenters. The van der Waals surface area contributed by atoms with Gasteiger partial charge >= 0.3 is 5.69 Å². The van der Waals surface area contributed by atoms with E-state index in [1.54, 1.807) is 0 Å². The van der Waals surface area contributed by atoms with Crippen LogP contribution in [0.4, 0.5) is 10.1 Å². The van der Waals surface area contributed by atoms with Crippen molar-refractivity contribution in [1.82, 2.24) is 9.13 Å². The van der Waals surface area contributed by atoms with E-state index in [0.717, 1.165) is 21.4 Å². The summed E-state index contributed by atoms with van der Waals surface area (Å²) in [5.74, 6) is -1.31. The molecular formula is C14H14FN3O3. The van der Waals surface area contributed by atoms with Crippen LogP contribution in [0.3, 0.4) is 0 Å². The van der Waals surface area contributed by atoms with Crippen LogP contribution in [0.1, 0.15) is 21.5 Å². The highest BCUT2D eigenvalue weighted by molar-refractivity contribution is 6.09. The number of anilines is 1. The summed E-state index contributed by atoms with van der Waals surface area (Å²) in [4.78, 5) is 35.9. The number of carbonyl (C=O) groups excluding carboxylic acids is 1. The van der Waals surface area contributed by atoms with E-state index in [9.17, 15) is 18.8 Å². The summed E-state index contributed by atoms with van der Waals surface area (Å²) in [5, 5.41) is 0. The molecule has 1 aromatic carbocycles. The molecule has 0 amide bonds. The molecule has 7 heteroatoms. The minimum absolute atomic E-state index is 0.0358. The van der Waals surface area contributed by atoms with Gasteiger partial charge in [0.15, 0.2) is 5.78 Å². The fourth-order valence-electron chi connectivity index (χ4n) is 1.95. The van der Waals surface area contributed by atoms with Crippen molar-refractivity contribution in [2.24, 2.45) is 14.1 Å². The van der Waals surface area contributed by atoms with Crippen LogP contribution >= 0.6 is 0 Å². The number of hydrogen-bond acceptors (Lipinski definition) is 4. The Hall–Kier alpha value is -2.70. The van der Waals surface area contributed by atoms with Crippen molar-refractivity contribution in [2.45, 2.75) is 6.92 Å². The molecule has 0 fully saturated rings. The van der Waals surface area contributed by atoms with Gasteiger partial charge in [0.05, 0.1) is 0 Å². The largest absolute Gasteiger partial charge is 0.398 e. The molecule has 1 aromatic heterocycles. The smallest absolute Gasteiger partial charge is 0.330 e. The predicted molar refractivity (Wildman–Crippen MR) is 75.9 cm³/mol. The lowest BCUT2D eigenvalue weighted by Crippen LogP contribution is -2.39. The minimum atomic E-state index is -0.734. The third kappa shape index (κ3) is 2.37. The van der Waals surface area contributed by atoms with E-state index in [1.165, 1.54) is 27.1 Å². The fourth-order valence-corrected chi connectivity index (χ4v) is 1.95. The summed E-state index contributed by atoms with van der Waals surface area (Å²) >= 11 is 0. The molecule has 6 nitrogen and oxygen atoms in total. The highest BCUT2D eigenvalue weighted by Gasteiger charge is 2.18. The van der Waals surface area contributed by atoms with Crippen molar-refractivity contribution in [2.75, 3.05) is 5.73 Å². The van der Waals surface area contributed by atoms with Gasteiger partial charge in [0.1, 0.15) is 11.4 Å². The Labute approximate surface area is 119 Å². The van der Waals surface area contributed by atoms with Crippen LogP contribution in [0, 0.1) is 12.7 Å². The molecule has 0 saturated carbocycles. The molecule has 2 rings (SSSR count). The second kappa shape index (κ2) is 5.01. The standard InChI is InChI=1S/C14H14FN3O3/c1-7-10(15)4-8(5-11(7)16)12(19)9-6-17(2)14(21)18(3)13(9)20/h4-6H,16H2,1-3H3. The van der Waals surface area contributed by atoms with E-state index in [2.05, 4.69) is 0 Å². The molecule has 110 valence electrons. The first-order chi connectivity index (χ1) is 9.73. The molecule has 0 aliphatic carbocycles. The Balaban J connectivity index is 2.67. The Morgan fingerprint density at radius 1 is 1.24 bits per heavy atom. The SMILES string of the molecule is Cc1c(N)cc(C(=O)c2cn(C)c(=O)n(C)c2=O)cc1F. The van der Waals surface area contributed by atoms with Gasteiger partial charge < -0.3 is 10.3 Å². The molecule has 0 radical (unpaired) electrons. The van der Waals surface area contributed by atoms with Crippen LogP contribution in [-0.2, 0) is 14.1 Å². The summed E-state index contributed by atoms with van der Waals surface area (Å²) < 4.78 is 15.6. The Morgan fingerprint density at radius 3 is 2.43 bits per heavy atom. The highest BCUT2D eigenvalue weighted by atomic mass is 19.1. The minimum Gasteiger partial charge on any atom is -0.398 e. The van der Waals surface area contributed by atoms with Crippen molar-refractivity contribution >= 4 is 11.5 Å². The van der Waals surface area contributed by atoms with Gasteiger partial charge in [-0.25, -0.2) is 9.18 Å². The molecule has 0 bridgehead atoms. The summed E-state index contributed by atoms with van der Waals surface area (Å²) in [6.07, 6.45) is 1.14. The highest BCUT2D eigenvalue weighted by Crippen LogP contribution is 2.19. The van der Waals surface area contributed by atoms with E-state index in [4.69, 9.17) is 5.73 Å². The molecule has 0 aliphatic heterocycles. The second-order valence-electron chi connectivity index (χ2n) is 4.80. The Kier molecular flexibility index (Phi) is 3.51. The van der Waals surface area contributed by atoms with Crippen LogP contribution in [0.5, 0.6) is 0 Å². The second-order valence-corrected chi connectivity index (χ2v) is 4.80. The third-order valence-electron chi connectivity index (χ3n) is 3.34. The number of rotatable bonds is 2. The zero-order valence-electron chi connectivity index (χ0n) is 11.8. The number of halogens is 1. The van der Waals surface area contributed by atoms with Crippen molar-refractivity contribution in [3.05, 3.63) is 61.7 Å². The van der Waals surface area contributed by atoms with Crippen molar-refractivity contribution < 1.29 is 9.18 Å². The van der Waals surface area contributed by atoms with Gasteiger partial charge in [-0.05, 0) is 19.1 Å². The number of ketones is 1.